The third-order valence-corrected chi connectivity index (χ3v) is 4.62. The quantitative estimate of drug-likeness (QED) is 0.661. The van der Waals surface area contributed by atoms with Gasteiger partial charge < -0.3 is 10.2 Å². The van der Waals surface area contributed by atoms with E-state index in [-0.39, 0.29) is 17.6 Å². The molecule has 1 N–H and O–H groups in total. The van der Waals surface area contributed by atoms with Crippen LogP contribution in [-0.4, -0.2) is 30.3 Å². The molecular weight excluding hydrogens is 367 g/mol. The summed E-state index contributed by atoms with van der Waals surface area (Å²) in [7, 11) is 1.73. The fourth-order valence-corrected chi connectivity index (χ4v) is 3.06. The van der Waals surface area contributed by atoms with E-state index in [4.69, 9.17) is 0 Å². The average Bonchev–Trinajstić information content (AvgIpc) is 2.75. The van der Waals surface area contributed by atoms with Crippen LogP contribution in [-0.2, 0) is 13.0 Å². The Labute approximate surface area is 170 Å². The number of nitrogens with zero attached hydrogens (tertiary/aromatic N) is 1. The van der Waals surface area contributed by atoms with E-state index in [0.717, 1.165) is 5.56 Å². The largest absolute Gasteiger partial charge is 0.352 e. The van der Waals surface area contributed by atoms with E-state index in [1.165, 1.54) is 6.07 Å². The van der Waals surface area contributed by atoms with Gasteiger partial charge in [-0.05, 0) is 41.8 Å². The molecule has 3 aromatic carbocycles. The van der Waals surface area contributed by atoms with Gasteiger partial charge in [0.1, 0.15) is 5.82 Å². The van der Waals surface area contributed by atoms with E-state index in [2.05, 4.69) is 5.32 Å². The third-order valence-electron chi connectivity index (χ3n) is 4.62. The van der Waals surface area contributed by atoms with E-state index in [0.29, 0.717) is 36.2 Å². The Morgan fingerprint density at radius 1 is 0.897 bits per heavy atom. The van der Waals surface area contributed by atoms with E-state index in [9.17, 15) is 14.0 Å². The molecule has 29 heavy (non-hydrogen) atoms. The van der Waals surface area contributed by atoms with E-state index >= 15 is 0 Å². The van der Waals surface area contributed by atoms with Crippen molar-refractivity contribution < 1.29 is 14.0 Å². The zero-order valence-corrected chi connectivity index (χ0v) is 16.3. The molecule has 0 aliphatic heterocycles. The second-order valence-electron chi connectivity index (χ2n) is 6.82. The molecule has 0 fully saturated rings. The standard InChI is InChI=1S/C24H23FN2O2/c1-27(17-18-8-3-2-4-9-18)24(29)21-12-7-11-20(16-21)23(28)26-15-14-19-10-5-6-13-22(19)25/h2-13,16H,14-15,17H2,1H3,(H,26,28). The van der Waals surface area contributed by atoms with Crippen molar-refractivity contribution in [1.82, 2.24) is 10.2 Å². The number of benzene rings is 3. The van der Waals surface area contributed by atoms with Crippen molar-refractivity contribution in [3.8, 4) is 0 Å². The predicted octanol–water partition coefficient (Wildman–Crippen LogP) is 4.07. The number of nitrogens with one attached hydrogen (secondary N) is 1. The lowest BCUT2D eigenvalue weighted by Crippen LogP contribution is -2.28. The molecule has 0 heterocycles. The van der Waals surface area contributed by atoms with Crippen molar-refractivity contribution in [2.45, 2.75) is 13.0 Å². The molecule has 0 saturated heterocycles. The van der Waals surface area contributed by atoms with Crippen LogP contribution in [0.5, 0.6) is 0 Å². The first-order valence-electron chi connectivity index (χ1n) is 9.45. The van der Waals surface area contributed by atoms with Gasteiger partial charge in [-0.15, -0.1) is 0 Å². The van der Waals surface area contributed by atoms with Crippen LogP contribution < -0.4 is 5.32 Å². The fourth-order valence-electron chi connectivity index (χ4n) is 3.06. The number of amides is 2. The molecule has 0 aliphatic carbocycles. The first kappa shape index (κ1) is 20.3. The summed E-state index contributed by atoms with van der Waals surface area (Å²) in [5.74, 6) is -0.729. The monoisotopic (exact) mass is 390 g/mol. The van der Waals surface area contributed by atoms with E-state index < -0.39 is 0 Å². The molecular formula is C24H23FN2O2. The van der Waals surface area contributed by atoms with Gasteiger partial charge in [-0.1, -0.05) is 54.6 Å². The molecule has 0 atom stereocenters. The Morgan fingerprint density at radius 2 is 1.59 bits per heavy atom. The van der Waals surface area contributed by atoms with Gasteiger partial charge in [0.05, 0.1) is 0 Å². The average molecular weight is 390 g/mol. The van der Waals surface area contributed by atoms with Gasteiger partial charge in [0.2, 0.25) is 0 Å². The number of rotatable bonds is 7. The van der Waals surface area contributed by atoms with Crippen molar-refractivity contribution in [2.75, 3.05) is 13.6 Å². The van der Waals surface area contributed by atoms with Crippen LogP contribution in [0.25, 0.3) is 0 Å². The summed E-state index contributed by atoms with van der Waals surface area (Å²) >= 11 is 0. The highest BCUT2D eigenvalue weighted by molar-refractivity contribution is 5.99. The smallest absolute Gasteiger partial charge is 0.253 e. The highest BCUT2D eigenvalue weighted by atomic mass is 19.1. The van der Waals surface area contributed by atoms with Gasteiger partial charge in [-0.25, -0.2) is 4.39 Å². The summed E-state index contributed by atoms with van der Waals surface area (Å²) in [5.41, 5.74) is 2.44. The third kappa shape index (κ3) is 5.51. The summed E-state index contributed by atoms with van der Waals surface area (Å²) in [6, 6.07) is 22.8. The van der Waals surface area contributed by atoms with E-state index in [1.807, 2.05) is 30.3 Å². The minimum absolute atomic E-state index is 0.158. The lowest BCUT2D eigenvalue weighted by Gasteiger charge is -2.17. The Kier molecular flexibility index (Phi) is 6.74. The van der Waals surface area contributed by atoms with Gasteiger partial charge in [0.25, 0.3) is 11.8 Å². The summed E-state index contributed by atoms with van der Waals surface area (Å²) in [6.07, 6.45) is 0.400. The number of carbonyl (C=O) groups is 2. The lowest BCUT2D eigenvalue weighted by molar-refractivity contribution is 0.0785. The van der Waals surface area contributed by atoms with Crippen molar-refractivity contribution >= 4 is 11.8 Å². The molecule has 3 aromatic rings. The topological polar surface area (TPSA) is 49.4 Å². The van der Waals surface area contributed by atoms with Gasteiger partial charge >= 0.3 is 0 Å². The number of hydrogen-bond acceptors (Lipinski definition) is 2. The maximum absolute atomic E-state index is 13.7. The summed E-state index contributed by atoms with van der Waals surface area (Å²) in [4.78, 5) is 26.8. The van der Waals surface area contributed by atoms with Crippen molar-refractivity contribution in [3.63, 3.8) is 0 Å². The molecule has 0 spiro atoms. The molecule has 5 heteroatoms. The SMILES string of the molecule is CN(Cc1ccccc1)C(=O)c1cccc(C(=O)NCCc2ccccc2F)c1. The van der Waals surface area contributed by atoms with Crippen molar-refractivity contribution in [1.29, 1.82) is 0 Å². The highest BCUT2D eigenvalue weighted by Gasteiger charge is 2.14. The predicted molar refractivity (Wildman–Crippen MR) is 111 cm³/mol. The zero-order chi connectivity index (χ0) is 20.6. The molecule has 0 radical (unpaired) electrons. The van der Waals surface area contributed by atoms with Crippen molar-refractivity contribution in [2.24, 2.45) is 0 Å². The normalized spacial score (nSPS) is 10.4. The summed E-state index contributed by atoms with van der Waals surface area (Å²) in [5, 5.41) is 2.78. The second-order valence-corrected chi connectivity index (χ2v) is 6.82. The van der Waals surface area contributed by atoms with Gasteiger partial charge in [-0.2, -0.15) is 0 Å². The molecule has 0 saturated carbocycles. The Bertz CT molecular complexity index is 989. The van der Waals surface area contributed by atoms with E-state index in [1.54, 1.807) is 54.4 Å². The van der Waals surface area contributed by atoms with Crippen LogP contribution in [0.1, 0.15) is 31.8 Å². The molecule has 0 bridgehead atoms. The lowest BCUT2D eigenvalue weighted by atomic mass is 10.1. The highest BCUT2D eigenvalue weighted by Crippen LogP contribution is 2.11. The molecule has 3 rings (SSSR count). The van der Waals surface area contributed by atoms with Crippen LogP contribution in [0.3, 0.4) is 0 Å². The Balaban J connectivity index is 1.60. The van der Waals surface area contributed by atoms with Crippen molar-refractivity contribution in [3.05, 3.63) is 107 Å². The molecule has 2 amide bonds. The zero-order valence-electron chi connectivity index (χ0n) is 16.3. The van der Waals surface area contributed by atoms with Crippen LogP contribution in [0.4, 0.5) is 4.39 Å². The van der Waals surface area contributed by atoms with Gasteiger partial charge in [-0.3, -0.25) is 9.59 Å². The number of halogens is 1. The first-order valence-corrected chi connectivity index (χ1v) is 9.45. The number of hydrogen-bond donors (Lipinski definition) is 1. The van der Waals surface area contributed by atoms with Crippen LogP contribution in [0.2, 0.25) is 0 Å². The first-order chi connectivity index (χ1) is 14.0. The minimum Gasteiger partial charge on any atom is -0.352 e. The maximum atomic E-state index is 13.7. The van der Waals surface area contributed by atoms with Gasteiger partial charge in [0, 0.05) is 31.3 Å². The minimum atomic E-state index is -0.290. The molecule has 4 nitrogen and oxygen atoms in total. The fraction of sp³-hybridized carbons (Fsp3) is 0.167. The summed E-state index contributed by atoms with van der Waals surface area (Å²) in [6.45, 7) is 0.796. The molecule has 0 aliphatic rings. The van der Waals surface area contributed by atoms with Crippen LogP contribution in [0.15, 0.2) is 78.9 Å². The van der Waals surface area contributed by atoms with Crippen LogP contribution in [0, 0.1) is 5.82 Å². The van der Waals surface area contributed by atoms with Crippen LogP contribution >= 0.6 is 0 Å². The second kappa shape index (κ2) is 9.64. The molecule has 0 unspecified atom stereocenters. The number of carbonyl (C=O) groups excluding carboxylic acids is 2. The summed E-state index contributed by atoms with van der Waals surface area (Å²) < 4.78 is 13.7. The maximum Gasteiger partial charge on any atom is 0.253 e. The Morgan fingerprint density at radius 3 is 2.34 bits per heavy atom. The Hall–Kier alpha value is -3.47. The molecule has 148 valence electrons. The van der Waals surface area contributed by atoms with Gasteiger partial charge in [0.15, 0.2) is 0 Å². The molecule has 0 aromatic heterocycles.